The summed E-state index contributed by atoms with van der Waals surface area (Å²) in [5.41, 5.74) is 0. The van der Waals surface area contributed by atoms with E-state index in [1.54, 1.807) is 6.07 Å². The number of aliphatic hydroxyl groups excluding tert-OH is 1. The van der Waals surface area contributed by atoms with Crippen LogP contribution >= 0.6 is 11.3 Å². The predicted octanol–water partition coefficient (Wildman–Crippen LogP) is 1.81. The molecule has 0 atom stereocenters. The fourth-order valence-electron chi connectivity index (χ4n) is 1.70. The molecule has 0 aliphatic heterocycles. The van der Waals surface area contributed by atoms with Gasteiger partial charge in [-0.25, -0.2) is 0 Å². The molecule has 0 saturated carbocycles. The van der Waals surface area contributed by atoms with Gasteiger partial charge >= 0.3 is 0 Å². The Balaban J connectivity index is 2.10. The first kappa shape index (κ1) is 13.6. The molecule has 0 aliphatic carbocycles. The van der Waals surface area contributed by atoms with Crippen molar-refractivity contribution in [2.75, 3.05) is 13.2 Å². The van der Waals surface area contributed by atoms with E-state index in [-0.39, 0.29) is 24.0 Å². The van der Waals surface area contributed by atoms with Gasteiger partial charge in [0.15, 0.2) is 11.5 Å². The number of carbonyl (C=O) groups excluding carboxylic acids is 1. The largest absolute Gasteiger partial charge is 0.504 e. The Hall–Kier alpha value is -1.79. The van der Waals surface area contributed by atoms with Gasteiger partial charge in [-0.1, -0.05) is 0 Å². The van der Waals surface area contributed by atoms with Gasteiger partial charge in [0.1, 0.15) is 0 Å². The van der Waals surface area contributed by atoms with Crippen molar-refractivity contribution in [2.45, 2.75) is 12.8 Å². The van der Waals surface area contributed by atoms with E-state index in [1.165, 1.54) is 23.5 Å². The van der Waals surface area contributed by atoms with E-state index in [0.717, 1.165) is 16.5 Å². The third-order valence-electron chi connectivity index (χ3n) is 2.71. The van der Waals surface area contributed by atoms with Crippen molar-refractivity contribution in [3.8, 4) is 11.5 Å². The third-order valence-corrected chi connectivity index (χ3v) is 3.80. The number of carbonyl (C=O) groups is 1. The molecule has 0 radical (unpaired) electrons. The SMILES string of the molecule is O=C(NCCCCO)c1cc2cc(O)c(O)cc2s1. The summed E-state index contributed by atoms with van der Waals surface area (Å²) >= 11 is 1.26. The average Bonchev–Trinajstić information content (AvgIpc) is 2.78. The van der Waals surface area contributed by atoms with Gasteiger partial charge in [0, 0.05) is 23.9 Å². The number of rotatable bonds is 5. The van der Waals surface area contributed by atoms with Crippen molar-refractivity contribution in [3.63, 3.8) is 0 Å². The Bertz CT molecular complexity index is 555. The lowest BCUT2D eigenvalue weighted by Gasteiger charge is -2.01. The normalized spacial score (nSPS) is 10.8. The summed E-state index contributed by atoms with van der Waals surface area (Å²) in [4.78, 5) is 12.4. The van der Waals surface area contributed by atoms with Crippen LogP contribution in [0, 0.1) is 0 Å². The molecule has 0 aliphatic rings. The molecule has 5 nitrogen and oxygen atoms in total. The summed E-state index contributed by atoms with van der Waals surface area (Å²) in [5.74, 6) is -0.567. The first-order valence-corrected chi connectivity index (χ1v) is 6.78. The lowest BCUT2D eigenvalue weighted by molar-refractivity contribution is 0.0956. The molecule has 19 heavy (non-hydrogen) atoms. The Morgan fingerprint density at radius 3 is 2.63 bits per heavy atom. The minimum absolute atomic E-state index is 0.122. The first-order valence-electron chi connectivity index (χ1n) is 5.96. The maximum absolute atomic E-state index is 11.9. The highest BCUT2D eigenvalue weighted by Crippen LogP contribution is 2.34. The van der Waals surface area contributed by atoms with Gasteiger partial charge in [-0.05, 0) is 30.4 Å². The molecule has 1 heterocycles. The van der Waals surface area contributed by atoms with Crippen LogP contribution in [0.5, 0.6) is 11.5 Å². The number of phenols is 2. The van der Waals surface area contributed by atoms with Crippen molar-refractivity contribution in [1.82, 2.24) is 5.32 Å². The molecule has 0 spiro atoms. The van der Waals surface area contributed by atoms with Crippen LogP contribution < -0.4 is 5.32 Å². The van der Waals surface area contributed by atoms with Crippen molar-refractivity contribution in [2.24, 2.45) is 0 Å². The van der Waals surface area contributed by atoms with E-state index in [2.05, 4.69) is 5.32 Å². The standard InChI is InChI=1S/C13H15NO4S/c15-4-2-1-3-14-13(18)12-6-8-5-9(16)10(17)7-11(8)19-12/h5-7,15-17H,1-4H2,(H,14,18). The predicted molar refractivity (Wildman–Crippen MR) is 73.8 cm³/mol. The van der Waals surface area contributed by atoms with E-state index in [1.807, 2.05) is 0 Å². The lowest BCUT2D eigenvalue weighted by atomic mass is 10.2. The highest BCUT2D eigenvalue weighted by molar-refractivity contribution is 7.20. The smallest absolute Gasteiger partial charge is 0.261 e. The maximum atomic E-state index is 11.9. The molecule has 1 aromatic heterocycles. The zero-order valence-corrected chi connectivity index (χ0v) is 11.0. The van der Waals surface area contributed by atoms with Crippen LogP contribution in [0.25, 0.3) is 10.1 Å². The summed E-state index contributed by atoms with van der Waals surface area (Å²) in [6.07, 6.45) is 1.39. The van der Waals surface area contributed by atoms with E-state index in [9.17, 15) is 15.0 Å². The molecular weight excluding hydrogens is 266 g/mol. The number of hydrogen-bond donors (Lipinski definition) is 4. The molecule has 102 valence electrons. The molecule has 0 saturated heterocycles. The number of aliphatic hydroxyl groups is 1. The number of unbranched alkanes of at least 4 members (excludes halogenated alkanes) is 1. The van der Waals surface area contributed by atoms with Crippen LogP contribution in [-0.2, 0) is 0 Å². The van der Waals surface area contributed by atoms with Crippen molar-refractivity contribution >= 4 is 27.3 Å². The van der Waals surface area contributed by atoms with Crippen molar-refractivity contribution in [3.05, 3.63) is 23.1 Å². The fourth-order valence-corrected chi connectivity index (χ4v) is 2.70. The van der Waals surface area contributed by atoms with Gasteiger partial charge in [0.05, 0.1) is 4.88 Å². The van der Waals surface area contributed by atoms with Gasteiger partial charge in [0.25, 0.3) is 5.91 Å². The van der Waals surface area contributed by atoms with Crippen LogP contribution in [0.3, 0.4) is 0 Å². The summed E-state index contributed by atoms with van der Waals surface area (Å²) < 4.78 is 0.746. The minimum Gasteiger partial charge on any atom is -0.504 e. The van der Waals surface area contributed by atoms with Crippen molar-refractivity contribution < 1.29 is 20.1 Å². The highest BCUT2D eigenvalue weighted by Gasteiger charge is 2.11. The van der Waals surface area contributed by atoms with Gasteiger partial charge in [0.2, 0.25) is 0 Å². The molecular formula is C13H15NO4S. The number of amides is 1. The summed E-state index contributed by atoms with van der Waals surface area (Å²) in [6, 6.07) is 4.56. The molecule has 0 bridgehead atoms. The summed E-state index contributed by atoms with van der Waals surface area (Å²) in [6.45, 7) is 0.640. The number of benzene rings is 1. The third kappa shape index (κ3) is 3.15. The quantitative estimate of drug-likeness (QED) is 0.497. The molecule has 4 N–H and O–H groups in total. The Kier molecular flexibility index (Phi) is 4.24. The monoisotopic (exact) mass is 281 g/mol. The summed E-state index contributed by atoms with van der Waals surface area (Å²) in [7, 11) is 0. The van der Waals surface area contributed by atoms with Gasteiger partial charge < -0.3 is 20.6 Å². The van der Waals surface area contributed by atoms with Gasteiger partial charge in [-0.2, -0.15) is 0 Å². The van der Waals surface area contributed by atoms with Crippen LogP contribution in [0.4, 0.5) is 0 Å². The molecule has 0 fully saturated rings. The Labute approximate surface area is 114 Å². The second-order valence-corrected chi connectivity index (χ2v) is 5.26. The number of fused-ring (bicyclic) bond motifs is 1. The second-order valence-electron chi connectivity index (χ2n) is 4.18. The van der Waals surface area contributed by atoms with E-state index in [4.69, 9.17) is 5.11 Å². The molecule has 1 amide bonds. The number of phenolic OH excluding ortho intramolecular Hbond substituents is 2. The molecule has 1 aromatic carbocycles. The van der Waals surface area contributed by atoms with Crippen LogP contribution in [0.15, 0.2) is 18.2 Å². The molecule has 2 aromatic rings. The van der Waals surface area contributed by atoms with Crippen LogP contribution in [-0.4, -0.2) is 34.4 Å². The maximum Gasteiger partial charge on any atom is 0.261 e. The van der Waals surface area contributed by atoms with Crippen molar-refractivity contribution in [1.29, 1.82) is 0 Å². The number of nitrogens with one attached hydrogen (secondary N) is 1. The Morgan fingerprint density at radius 2 is 1.89 bits per heavy atom. The van der Waals surface area contributed by atoms with E-state index in [0.29, 0.717) is 17.8 Å². The number of aromatic hydroxyl groups is 2. The molecule has 6 heteroatoms. The minimum atomic E-state index is -0.194. The second kappa shape index (κ2) is 5.90. The van der Waals surface area contributed by atoms with Gasteiger partial charge in [-0.3, -0.25) is 4.79 Å². The van der Waals surface area contributed by atoms with Gasteiger partial charge in [-0.15, -0.1) is 11.3 Å². The zero-order chi connectivity index (χ0) is 13.8. The topological polar surface area (TPSA) is 89.8 Å². The molecule has 2 rings (SSSR count). The first-order chi connectivity index (χ1) is 9.11. The lowest BCUT2D eigenvalue weighted by Crippen LogP contribution is -2.23. The number of thiophene rings is 1. The molecule has 0 unspecified atom stereocenters. The van der Waals surface area contributed by atoms with E-state index < -0.39 is 0 Å². The van der Waals surface area contributed by atoms with Crippen LogP contribution in [0.2, 0.25) is 0 Å². The fraction of sp³-hybridized carbons (Fsp3) is 0.308. The number of hydrogen-bond acceptors (Lipinski definition) is 5. The highest BCUT2D eigenvalue weighted by atomic mass is 32.1. The van der Waals surface area contributed by atoms with Crippen LogP contribution in [0.1, 0.15) is 22.5 Å². The van der Waals surface area contributed by atoms with E-state index >= 15 is 0 Å². The zero-order valence-electron chi connectivity index (χ0n) is 10.2. The average molecular weight is 281 g/mol. The Morgan fingerprint density at radius 1 is 1.16 bits per heavy atom. The summed E-state index contributed by atoms with van der Waals surface area (Å²) in [5, 5.41) is 30.9.